The lowest BCUT2D eigenvalue weighted by Gasteiger charge is -2.12. The summed E-state index contributed by atoms with van der Waals surface area (Å²) in [4.78, 5) is 11.8. The highest BCUT2D eigenvalue weighted by molar-refractivity contribution is 9.10. The van der Waals surface area contributed by atoms with Crippen molar-refractivity contribution in [2.45, 2.75) is 11.1 Å². The van der Waals surface area contributed by atoms with Gasteiger partial charge in [0.1, 0.15) is 0 Å². The number of hydrogen-bond donors (Lipinski definition) is 2. The molecule has 2 aromatic rings. The highest BCUT2D eigenvalue weighted by atomic mass is 79.9. The zero-order chi connectivity index (χ0) is 19.5. The molecule has 140 valence electrons. The van der Waals surface area contributed by atoms with Gasteiger partial charge in [-0.15, -0.1) is 0 Å². The lowest BCUT2D eigenvalue weighted by molar-refractivity contribution is -0.137. The molecule has 0 atom stereocenters. The Kier molecular flexibility index (Phi) is 6.33. The molecule has 5 nitrogen and oxygen atoms in total. The Balaban J connectivity index is 2.04. The normalized spacial score (nSPS) is 12.0. The molecule has 26 heavy (non-hydrogen) atoms. The van der Waals surface area contributed by atoms with Crippen LogP contribution in [0.25, 0.3) is 0 Å². The Morgan fingerprint density at radius 1 is 1.12 bits per heavy atom. The van der Waals surface area contributed by atoms with Crippen LogP contribution in [0.2, 0.25) is 5.02 Å². The molecular weight excluding hydrogens is 461 g/mol. The first-order valence-electron chi connectivity index (χ1n) is 6.91. The summed E-state index contributed by atoms with van der Waals surface area (Å²) in [7, 11) is -3.94. The maximum absolute atomic E-state index is 12.8. The number of hydrogen-bond acceptors (Lipinski definition) is 3. The SMILES string of the molecule is O=C(CNS(=O)(=O)c1ccc(Br)cc1)Nc1ccc(Cl)c(C(F)(F)F)c1. The Morgan fingerprint density at radius 2 is 1.73 bits per heavy atom. The molecule has 0 aliphatic rings. The number of carbonyl (C=O) groups is 1. The van der Waals surface area contributed by atoms with Crippen molar-refractivity contribution in [1.29, 1.82) is 0 Å². The second-order valence-electron chi connectivity index (χ2n) is 5.02. The lowest BCUT2D eigenvalue weighted by Crippen LogP contribution is -2.32. The maximum Gasteiger partial charge on any atom is 0.417 e. The molecule has 2 rings (SSSR count). The van der Waals surface area contributed by atoms with Crippen LogP contribution in [0.3, 0.4) is 0 Å². The first-order valence-corrected chi connectivity index (χ1v) is 9.56. The number of rotatable bonds is 5. The maximum atomic E-state index is 12.8. The summed E-state index contributed by atoms with van der Waals surface area (Å²) < 4.78 is 65.2. The van der Waals surface area contributed by atoms with Crippen molar-refractivity contribution in [2.24, 2.45) is 0 Å². The van der Waals surface area contributed by atoms with Crippen molar-refractivity contribution < 1.29 is 26.4 Å². The van der Waals surface area contributed by atoms with Gasteiger partial charge >= 0.3 is 6.18 Å². The zero-order valence-electron chi connectivity index (χ0n) is 12.8. The van der Waals surface area contributed by atoms with E-state index in [-0.39, 0.29) is 10.6 Å². The van der Waals surface area contributed by atoms with E-state index in [4.69, 9.17) is 11.6 Å². The van der Waals surface area contributed by atoms with E-state index in [1.807, 2.05) is 0 Å². The van der Waals surface area contributed by atoms with E-state index >= 15 is 0 Å². The highest BCUT2D eigenvalue weighted by Crippen LogP contribution is 2.36. The Hall–Kier alpha value is -1.62. The van der Waals surface area contributed by atoms with E-state index < -0.39 is 39.2 Å². The van der Waals surface area contributed by atoms with Crippen molar-refractivity contribution in [3.8, 4) is 0 Å². The number of anilines is 1. The van der Waals surface area contributed by atoms with Crippen LogP contribution >= 0.6 is 27.5 Å². The Morgan fingerprint density at radius 3 is 2.31 bits per heavy atom. The fourth-order valence-electron chi connectivity index (χ4n) is 1.88. The number of alkyl halides is 3. The summed E-state index contributed by atoms with van der Waals surface area (Å²) in [6.45, 7) is -0.650. The van der Waals surface area contributed by atoms with Crippen LogP contribution in [0.4, 0.5) is 18.9 Å². The first-order chi connectivity index (χ1) is 12.0. The van der Waals surface area contributed by atoms with E-state index in [1.165, 1.54) is 30.3 Å². The number of halogens is 5. The van der Waals surface area contributed by atoms with Gasteiger partial charge in [-0.2, -0.15) is 13.2 Å². The lowest BCUT2D eigenvalue weighted by atomic mass is 10.2. The third kappa shape index (κ3) is 5.44. The summed E-state index contributed by atoms with van der Waals surface area (Å²) in [5.74, 6) is -0.832. The molecule has 0 saturated carbocycles. The Bertz CT molecular complexity index is 919. The summed E-state index contributed by atoms with van der Waals surface area (Å²) in [6, 6.07) is 8.54. The van der Waals surface area contributed by atoms with Crippen LogP contribution in [-0.4, -0.2) is 20.9 Å². The smallest absolute Gasteiger partial charge is 0.325 e. The van der Waals surface area contributed by atoms with Gasteiger partial charge in [0, 0.05) is 10.2 Å². The molecule has 0 aliphatic heterocycles. The van der Waals surface area contributed by atoms with Crippen molar-refractivity contribution in [3.05, 3.63) is 57.5 Å². The number of amides is 1. The quantitative estimate of drug-likeness (QED) is 0.691. The van der Waals surface area contributed by atoms with Gasteiger partial charge < -0.3 is 5.32 Å². The van der Waals surface area contributed by atoms with E-state index in [9.17, 15) is 26.4 Å². The molecule has 0 saturated heterocycles. The van der Waals surface area contributed by atoms with E-state index in [0.29, 0.717) is 10.5 Å². The molecule has 1 amide bonds. The zero-order valence-corrected chi connectivity index (χ0v) is 15.9. The molecule has 0 fully saturated rings. The van der Waals surface area contributed by atoms with Crippen LogP contribution in [0.15, 0.2) is 51.8 Å². The molecule has 0 aliphatic carbocycles. The summed E-state index contributed by atoms with van der Waals surface area (Å²) in [5.41, 5.74) is -1.26. The predicted octanol–water partition coefficient (Wildman–Crippen LogP) is 4.04. The van der Waals surface area contributed by atoms with E-state index in [2.05, 4.69) is 26.0 Å². The van der Waals surface area contributed by atoms with Crippen molar-refractivity contribution in [2.75, 3.05) is 11.9 Å². The minimum absolute atomic E-state index is 0.0562. The van der Waals surface area contributed by atoms with Gasteiger partial charge in [0.15, 0.2) is 0 Å². The van der Waals surface area contributed by atoms with Gasteiger partial charge in [-0.05, 0) is 42.5 Å². The van der Waals surface area contributed by atoms with Crippen molar-refractivity contribution in [3.63, 3.8) is 0 Å². The fraction of sp³-hybridized carbons (Fsp3) is 0.133. The fourth-order valence-corrected chi connectivity index (χ4v) is 3.35. The molecule has 0 bridgehead atoms. The summed E-state index contributed by atoms with van der Waals surface area (Å²) >= 11 is 8.66. The first kappa shape index (κ1) is 20.7. The third-order valence-electron chi connectivity index (χ3n) is 3.10. The molecule has 11 heteroatoms. The van der Waals surface area contributed by atoms with Gasteiger partial charge in [0.2, 0.25) is 15.9 Å². The average Bonchev–Trinajstić information content (AvgIpc) is 2.54. The number of benzene rings is 2. The molecule has 0 aromatic heterocycles. The molecule has 2 N–H and O–H groups in total. The summed E-state index contributed by atoms with van der Waals surface area (Å²) in [6.07, 6.45) is -4.68. The minimum Gasteiger partial charge on any atom is -0.325 e. The molecule has 0 spiro atoms. The molecule has 0 radical (unpaired) electrons. The summed E-state index contributed by atoms with van der Waals surface area (Å²) in [5, 5.41) is 1.67. The van der Waals surface area contributed by atoms with Gasteiger partial charge in [-0.25, -0.2) is 13.1 Å². The molecule has 0 heterocycles. The molecular formula is C15H11BrClF3N2O3S. The van der Waals surface area contributed by atoms with E-state index in [1.54, 1.807) is 0 Å². The van der Waals surface area contributed by atoms with Crippen LogP contribution in [0.1, 0.15) is 5.56 Å². The molecule has 0 unspecified atom stereocenters. The van der Waals surface area contributed by atoms with Crippen LogP contribution in [-0.2, 0) is 21.0 Å². The topological polar surface area (TPSA) is 75.3 Å². The van der Waals surface area contributed by atoms with Gasteiger partial charge in [0.25, 0.3) is 0 Å². The second kappa shape index (κ2) is 7.95. The minimum atomic E-state index is -4.68. The van der Waals surface area contributed by atoms with Crippen molar-refractivity contribution >= 4 is 49.1 Å². The number of nitrogens with one attached hydrogen (secondary N) is 2. The van der Waals surface area contributed by atoms with Crippen molar-refractivity contribution in [1.82, 2.24) is 4.72 Å². The second-order valence-corrected chi connectivity index (χ2v) is 8.11. The highest BCUT2D eigenvalue weighted by Gasteiger charge is 2.33. The largest absolute Gasteiger partial charge is 0.417 e. The van der Waals surface area contributed by atoms with Crippen LogP contribution < -0.4 is 10.0 Å². The average molecular weight is 472 g/mol. The molecule has 2 aromatic carbocycles. The number of sulfonamides is 1. The standard InChI is InChI=1S/C15H11BrClF3N2O3S/c16-9-1-4-11(5-2-9)26(24,25)21-8-14(23)22-10-3-6-13(17)12(7-10)15(18,19)20/h1-7,21H,8H2,(H,22,23). The third-order valence-corrected chi connectivity index (χ3v) is 5.38. The van der Waals surface area contributed by atoms with Crippen LogP contribution in [0, 0.1) is 0 Å². The predicted molar refractivity (Wildman–Crippen MR) is 94.4 cm³/mol. The Labute approximate surface area is 160 Å². The monoisotopic (exact) mass is 470 g/mol. The number of carbonyl (C=O) groups excluding carboxylic acids is 1. The van der Waals surface area contributed by atoms with Gasteiger partial charge in [-0.1, -0.05) is 27.5 Å². The van der Waals surface area contributed by atoms with Crippen LogP contribution in [0.5, 0.6) is 0 Å². The van der Waals surface area contributed by atoms with E-state index in [0.717, 1.165) is 6.07 Å². The van der Waals surface area contributed by atoms with Gasteiger partial charge in [-0.3, -0.25) is 4.79 Å². The van der Waals surface area contributed by atoms with Gasteiger partial charge in [0.05, 0.1) is 22.0 Å².